The Bertz CT molecular complexity index is 2920. The monoisotopic (exact) mass is 927 g/mol. The Hall–Kier alpha value is -7.46. The number of H-pyrrole nitrogens is 1. The zero-order valence-electron chi connectivity index (χ0n) is 37.6. The fourth-order valence-corrected chi connectivity index (χ4v) is 8.95. The van der Waals surface area contributed by atoms with Gasteiger partial charge >= 0.3 is 0 Å². The number of aromatic amines is 1. The predicted octanol–water partition coefficient (Wildman–Crippen LogP) is 7.61. The van der Waals surface area contributed by atoms with E-state index in [-0.39, 0.29) is 29.5 Å². The number of halogens is 1. The van der Waals surface area contributed by atoms with Crippen LogP contribution in [0, 0.1) is 5.92 Å². The van der Waals surface area contributed by atoms with Crippen molar-refractivity contribution in [1.82, 2.24) is 49.8 Å². The number of aromatic nitrogens is 7. The lowest BCUT2D eigenvalue weighted by molar-refractivity contribution is -0.132. The number of likely N-dealkylation sites (tertiary alicyclic amines) is 1. The topological polar surface area (TPSA) is 167 Å². The molecule has 0 radical (unpaired) electrons. The van der Waals surface area contributed by atoms with Crippen molar-refractivity contribution < 1.29 is 19.2 Å². The molecule has 1 N–H and O–H groups in total. The van der Waals surface area contributed by atoms with E-state index in [1.165, 1.54) is 28.9 Å². The molecule has 3 aromatic carbocycles. The van der Waals surface area contributed by atoms with E-state index in [2.05, 4.69) is 76.4 Å². The molecule has 68 heavy (non-hydrogen) atoms. The molecule has 15 nitrogen and oxygen atoms in total. The Balaban J connectivity index is 0.000000219. The van der Waals surface area contributed by atoms with Gasteiger partial charge in [-0.2, -0.15) is 10.2 Å². The SMILES string of the molecule is CON(C(=O)C1CCN(CC(=O)N2CC=C(c3ccc(-c4ncccn4)cc3)CC2)C1)c1ccc2[nH]nc(-c3ccncc3)c2c1.O=C(CCl)N1CC=C(c2ccc(-c3ncccn3)cc2)CC1. The van der Waals surface area contributed by atoms with Gasteiger partial charge < -0.3 is 9.80 Å². The molecule has 7 aromatic rings. The fraction of sp³-hybridized carbons (Fsp3) is 0.250. The number of benzene rings is 3. The van der Waals surface area contributed by atoms with E-state index in [0.717, 1.165) is 64.1 Å². The van der Waals surface area contributed by atoms with Crippen molar-refractivity contribution in [2.75, 3.05) is 63.9 Å². The number of fused-ring (bicyclic) bond motifs is 1. The molecule has 4 aromatic heterocycles. The van der Waals surface area contributed by atoms with E-state index in [9.17, 15) is 14.4 Å². The molecule has 10 rings (SSSR count). The van der Waals surface area contributed by atoms with Crippen LogP contribution >= 0.6 is 11.6 Å². The number of rotatable bonds is 11. The molecule has 1 unspecified atom stereocenters. The van der Waals surface area contributed by atoms with Gasteiger partial charge in [-0.25, -0.2) is 19.9 Å². The first-order valence-corrected chi connectivity index (χ1v) is 23.1. The highest BCUT2D eigenvalue weighted by Crippen LogP contribution is 2.32. The summed E-state index contributed by atoms with van der Waals surface area (Å²) < 4.78 is 0. The van der Waals surface area contributed by atoms with E-state index < -0.39 is 0 Å². The van der Waals surface area contributed by atoms with Gasteiger partial charge in [0.25, 0.3) is 5.91 Å². The molecule has 3 aliphatic rings. The van der Waals surface area contributed by atoms with E-state index in [0.29, 0.717) is 57.2 Å². The smallest absolute Gasteiger partial charge is 0.255 e. The summed E-state index contributed by atoms with van der Waals surface area (Å²) in [6.45, 7) is 4.07. The van der Waals surface area contributed by atoms with Gasteiger partial charge in [0.2, 0.25) is 11.8 Å². The highest BCUT2D eigenvalue weighted by Gasteiger charge is 2.34. The van der Waals surface area contributed by atoms with Gasteiger partial charge in [0, 0.05) is 92.0 Å². The quantitative estimate of drug-likeness (QED) is 0.100. The molecule has 3 aliphatic heterocycles. The van der Waals surface area contributed by atoms with Crippen LogP contribution in [0.3, 0.4) is 0 Å². The van der Waals surface area contributed by atoms with Crippen molar-refractivity contribution in [1.29, 1.82) is 0 Å². The molecule has 0 bridgehead atoms. The van der Waals surface area contributed by atoms with Crippen LogP contribution in [0.1, 0.15) is 30.4 Å². The minimum Gasteiger partial charge on any atom is -0.338 e. The van der Waals surface area contributed by atoms with Crippen molar-refractivity contribution in [2.24, 2.45) is 5.92 Å². The van der Waals surface area contributed by atoms with Gasteiger partial charge in [-0.1, -0.05) is 60.7 Å². The molecule has 1 saturated heterocycles. The lowest BCUT2D eigenvalue weighted by Gasteiger charge is -2.28. The third-order valence-corrected chi connectivity index (χ3v) is 12.7. The van der Waals surface area contributed by atoms with Crippen molar-refractivity contribution in [3.63, 3.8) is 0 Å². The normalized spacial score (nSPS) is 16.1. The van der Waals surface area contributed by atoms with Crippen LogP contribution in [0.5, 0.6) is 0 Å². The summed E-state index contributed by atoms with van der Waals surface area (Å²) in [7, 11) is 1.50. The summed E-state index contributed by atoms with van der Waals surface area (Å²) in [4.78, 5) is 71.0. The number of nitrogens with zero attached hydrogens (tertiary/aromatic N) is 10. The molecule has 16 heteroatoms. The maximum atomic E-state index is 13.6. The zero-order valence-corrected chi connectivity index (χ0v) is 38.4. The van der Waals surface area contributed by atoms with E-state index in [1.54, 1.807) is 54.2 Å². The Morgan fingerprint density at radius 1 is 0.691 bits per heavy atom. The van der Waals surface area contributed by atoms with Crippen LogP contribution in [0.25, 0.3) is 56.1 Å². The average molecular weight is 928 g/mol. The van der Waals surface area contributed by atoms with Crippen molar-refractivity contribution >= 4 is 57.1 Å². The molecule has 0 saturated carbocycles. The average Bonchev–Trinajstić information content (AvgIpc) is 4.07. The first-order chi connectivity index (χ1) is 33.3. The van der Waals surface area contributed by atoms with Crippen LogP contribution in [0.15, 0.2) is 140 Å². The third-order valence-electron chi connectivity index (χ3n) is 12.5. The molecule has 1 atom stereocenters. The van der Waals surface area contributed by atoms with Gasteiger partial charge in [-0.15, -0.1) is 11.6 Å². The van der Waals surface area contributed by atoms with Crippen molar-refractivity contribution in [2.45, 2.75) is 19.3 Å². The van der Waals surface area contributed by atoms with E-state index in [1.807, 2.05) is 59.5 Å². The molecule has 0 aliphatic carbocycles. The van der Waals surface area contributed by atoms with Crippen LogP contribution in [0.4, 0.5) is 5.69 Å². The number of nitrogens with one attached hydrogen (secondary N) is 1. The third kappa shape index (κ3) is 10.6. The number of hydrogen-bond donors (Lipinski definition) is 1. The number of hydroxylamine groups is 1. The Labute approximate surface area is 399 Å². The van der Waals surface area contributed by atoms with Crippen LogP contribution in [-0.4, -0.2) is 126 Å². The summed E-state index contributed by atoms with van der Waals surface area (Å²) in [5.41, 5.74) is 10.0. The molecule has 3 amide bonds. The number of carbonyl (C=O) groups is 3. The molecular formula is C52H50ClN11O4. The second-order valence-corrected chi connectivity index (χ2v) is 16.9. The zero-order chi connectivity index (χ0) is 46.8. The van der Waals surface area contributed by atoms with Crippen LogP contribution in [0.2, 0.25) is 0 Å². The summed E-state index contributed by atoms with van der Waals surface area (Å²) in [6.07, 6.45) is 16.9. The highest BCUT2D eigenvalue weighted by atomic mass is 35.5. The number of hydrogen-bond acceptors (Lipinski definition) is 11. The Morgan fingerprint density at radius 3 is 1.78 bits per heavy atom. The molecule has 1 fully saturated rings. The van der Waals surface area contributed by atoms with E-state index >= 15 is 0 Å². The standard InChI is InChI=1S/C35H34N8O3.C17H16ClN3O/c1-46-43(29-7-8-31-30(21-29)33(40-39-31)26-9-16-36-17-10-26)35(45)28-11-18-41(22-28)23-32(44)42-19-12-25(13-20-42)24-3-5-27(6-4-24)34-37-14-2-15-38-34;18-12-16(22)21-10-6-14(7-11-21)13-2-4-15(5-3-13)17-19-8-1-9-20-17/h2-10,12,14-17,21,28H,11,13,18-20,22-23H2,1H3,(H,39,40);1-6,8-9H,7,10-12H2. The number of carbonyl (C=O) groups excluding carboxylic acids is 3. The molecular weight excluding hydrogens is 878 g/mol. The van der Waals surface area contributed by atoms with Crippen molar-refractivity contribution in [3.05, 3.63) is 151 Å². The summed E-state index contributed by atoms with van der Waals surface area (Å²) in [5, 5.41) is 9.78. The molecule has 0 spiro atoms. The van der Waals surface area contributed by atoms with Crippen molar-refractivity contribution in [3.8, 4) is 34.0 Å². The predicted molar refractivity (Wildman–Crippen MR) is 262 cm³/mol. The largest absolute Gasteiger partial charge is 0.338 e. The van der Waals surface area contributed by atoms with Gasteiger partial charge in [0.1, 0.15) is 11.6 Å². The minimum atomic E-state index is -0.274. The Morgan fingerprint density at radius 2 is 1.25 bits per heavy atom. The van der Waals surface area contributed by atoms with Gasteiger partial charge in [-0.3, -0.25) is 34.2 Å². The fourth-order valence-electron chi connectivity index (χ4n) is 8.78. The number of alkyl halides is 1. The summed E-state index contributed by atoms with van der Waals surface area (Å²) in [6, 6.07) is 29.5. The lowest BCUT2D eigenvalue weighted by Crippen LogP contribution is -2.42. The highest BCUT2D eigenvalue weighted by molar-refractivity contribution is 6.27. The van der Waals surface area contributed by atoms with Gasteiger partial charge in [0.15, 0.2) is 11.6 Å². The van der Waals surface area contributed by atoms with Gasteiger partial charge in [-0.05, 0) is 90.5 Å². The maximum absolute atomic E-state index is 13.6. The second-order valence-electron chi connectivity index (χ2n) is 16.6. The minimum absolute atomic E-state index is 0.00598. The molecule has 344 valence electrons. The van der Waals surface area contributed by atoms with Crippen LogP contribution in [-0.2, 0) is 19.2 Å². The Kier molecular flexibility index (Phi) is 14.4. The van der Waals surface area contributed by atoms with E-state index in [4.69, 9.17) is 16.4 Å². The number of pyridine rings is 1. The number of anilines is 1. The summed E-state index contributed by atoms with van der Waals surface area (Å²) in [5.74, 6) is 1.16. The van der Waals surface area contributed by atoms with Crippen LogP contribution < -0.4 is 5.06 Å². The van der Waals surface area contributed by atoms with Gasteiger partial charge in [0.05, 0.1) is 30.8 Å². The second kappa shape index (κ2) is 21.4. The maximum Gasteiger partial charge on any atom is 0.255 e. The molecule has 7 heterocycles. The first-order valence-electron chi connectivity index (χ1n) is 22.6. The first kappa shape index (κ1) is 45.7. The lowest BCUT2D eigenvalue weighted by atomic mass is 9.98. The number of amides is 3. The summed E-state index contributed by atoms with van der Waals surface area (Å²) >= 11 is 5.59.